The smallest absolute Gasteiger partial charge is 0.227 e. The van der Waals surface area contributed by atoms with Gasteiger partial charge in [0.2, 0.25) is 0 Å². The molecule has 0 spiro atoms. The molecule has 0 aliphatic carbocycles. The molecule has 1 aromatic heterocycles. The largest absolute Gasteiger partial charge is 0.269 e. The van der Waals surface area contributed by atoms with Crippen LogP contribution in [0.4, 0.5) is 0 Å². The van der Waals surface area contributed by atoms with E-state index in [1.807, 2.05) is 56.3 Å². The van der Waals surface area contributed by atoms with Crippen LogP contribution in [-0.2, 0) is 10.0 Å². The Balaban J connectivity index is 2.05. The van der Waals surface area contributed by atoms with Gasteiger partial charge in [0.15, 0.2) is 5.82 Å². The molecular formula is C21H18N2O2S. The standard InChI is InChI=1S/C21H18N2O2S/c1-15-10-12-18(13-11-15)26(24,25)23-20-9-4-3-8-19(20)22-21(23)17-7-5-6-16(2)14-17/h3-14H,1-2H3. The summed E-state index contributed by atoms with van der Waals surface area (Å²) in [5.74, 6) is 0.426. The normalized spacial score (nSPS) is 11.8. The Morgan fingerprint density at radius 3 is 2.27 bits per heavy atom. The van der Waals surface area contributed by atoms with Crippen molar-refractivity contribution >= 4 is 21.1 Å². The number of fused-ring (bicyclic) bond motifs is 1. The molecule has 5 heteroatoms. The molecule has 0 saturated carbocycles. The van der Waals surface area contributed by atoms with Gasteiger partial charge >= 0.3 is 0 Å². The molecule has 0 saturated heterocycles. The van der Waals surface area contributed by atoms with E-state index in [0.29, 0.717) is 16.9 Å². The highest BCUT2D eigenvalue weighted by Crippen LogP contribution is 2.29. The summed E-state index contributed by atoms with van der Waals surface area (Å²) in [4.78, 5) is 4.87. The van der Waals surface area contributed by atoms with Crippen molar-refractivity contribution in [2.24, 2.45) is 0 Å². The van der Waals surface area contributed by atoms with Crippen molar-refractivity contribution in [2.75, 3.05) is 0 Å². The first-order valence-electron chi connectivity index (χ1n) is 8.33. The van der Waals surface area contributed by atoms with E-state index in [2.05, 4.69) is 4.98 Å². The van der Waals surface area contributed by atoms with Crippen molar-refractivity contribution in [1.29, 1.82) is 0 Å². The Morgan fingerprint density at radius 2 is 1.54 bits per heavy atom. The Morgan fingerprint density at radius 1 is 0.808 bits per heavy atom. The summed E-state index contributed by atoms with van der Waals surface area (Å²) in [5, 5.41) is 0. The molecule has 0 bridgehead atoms. The van der Waals surface area contributed by atoms with E-state index in [9.17, 15) is 8.42 Å². The molecular weight excluding hydrogens is 344 g/mol. The number of para-hydroxylation sites is 2. The van der Waals surface area contributed by atoms with Crippen LogP contribution >= 0.6 is 0 Å². The molecule has 4 aromatic rings. The molecule has 130 valence electrons. The van der Waals surface area contributed by atoms with Crippen molar-refractivity contribution in [3.63, 3.8) is 0 Å². The van der Waals surface area contributed by atoms with Crippen molar-refractivity contribution in [2.45, 2.75) is 18.7 Å². The summed E-state index contributed by atoms with van der Waals surface area (Å²) in [6, 6.07) is 21.9. The average molecular weight is 362 g/mol. The maximum absolute atomic E-state index is 13.4. The van der Waals surface area contributed by atoms with Crippen molar-refractivity contribution in [3.8, 4) is 11.4 Å². The predicted molar refractivity (Wildman–Crippen MR) is 104 cm³/mol. The van der Waals surface area contributed by atoms with Gasteiger partial charge in [-0.25, -0.2) is 17.4 Å². The Labute approximate surface area is 152 Å². The molecule has 1 heterocycles. The van der Waals surface area contributed by atoms with Crippen molar-refractivity contribution in [1.82, 2.24) is 8.96 Å². The first-order chi connectivity index (χ1) is 12.5. The van der Waals surface area contributed by atoms with Gasteiger partial charge in [-0.2, -0.15) is 0 Å². The first-order valence-corrected chi connectivity index (χ1v) is 9.77. The molecule has 0 aliphatic heterocycles. The fourth-order valence-electron chi connectivity index (χ4n) is 3.03. The van der Waals surface area contributed by atoms with Gasteiger partial charge in [0.05, 0.1) is 15.9 Å². The minimum absolute atomic E-state index is 0.250. The SMILES string of the molecule is Cc1ccc(S(=O)(=O)n2c(-c3cccc(C)c3)nc3ccccc32)cc1. The van der Waals surface area contributed by atoms with E-state index in [-0.39, 0.29) is 4.90 Å². The van der Waals surface area contributed by atoms with Crippen LogP contribution in [0.5, 0.6) is 0 Å². The van der Waals surface area contributed by atoms with Crippen LogP contribution in [0.3, 0.4) is 0 Å². The lowest BCUT2D eigenvalue weighted by atomic mass is 10.1. The van der Waals surface area contributed by atoms with Crippen LogP contribution in [0.1, 0.15) is 11.1 Å². The monoisotopic (exact) mass is 362 g/mol. The zero-order valence-electron chi connectivity index (χ0n) is 14.5. The van der Waals surface area contributed by atoms with E-state index in [4.69, 9.17) is 0 Å². The third-order valence-corrected chi connectivity index (χ3v) is 6.07. The number of aryl methyl sites for hydroxylation is 2. The maximum Gasteiger partial charge on any atom is 0.269 e. The Kier molecular flexibility index (Phi) is 3.89. The van der Waals surface area contributed by atoms with Crippen molar-refractivity contribution < 1.29 is 8.42 Å². The van der Waals surface area contributed by atoms with Gasteiger partial charge in [0.1, 0.15) is 0 Å². The number of nitrogens with zero attached hydrogens (tertiary/aromatic N) is 2. The second-order valence-electron chi connectivity index (χ2n) is 6.38. The molecule has 0 N–H and O–H groups in total. The number of hydrogen-bond donors (Lipinski definition) is 0. The third kappa shape index (κ3) is 2.70. The topological polar surface area (TPSA) is 52.0 Å². The van der Waals surface area contributed by atoms with Gasteiger partial charge in [-0.05, 0) is 44.2 Å². The summed E-state index contributed by atoms with van der Waals surface area (Å²) in [6.45, 7) is 3.91. The van der Waals surface area contributed by atoms with E-state index in [1.54, 1.807) is 30.3 Å². The average Bonchev–Trinajstić information content (AvgIpc) is 3.02. The maximum atomic E-state index is 13.4. The highest BCUT2D eigenvalue weighted by Gasteiger charge is 2.25. The van der Waals surface area contributed by atoms with Gasteiger partial charge in [0.25, 0.3) is 10.0 Å². The van der Waals surface area contributed by atoms with Crippen LogP contribution < -0.4 is 0 Å². The number of aromatic nitrogens is 2. The molecule has 0 aliphatic rings. The Bertz CT molecular complexity index is 1210. The summed E-state index contributed by atoms with van der Waals surface area (Å²) in [5.41, 5.74) is 4.06. The molecule has 0 atom stereocenters. The first kappa shape index (κ1) is 16.5. The van der Waals surface area contributed by atoms with Crippen LogP contribution in [0.15, 0.2) is 77.7 Å². The van der Waals surface area contributed by atoms with Gasteiger partial charge in [-0.15, -0.1) is 0 Å². The Hall–Kier alpha value is -2.92. The number of benzene rings is 3. The summed E-state index contributed by atoms with van der Waals surface area (Å²) in [6.07, 6.45) is 0. The van der Waals surface area contributed by atoms with Crippen molar-refractivity contribution in [3.05, 3.63) is 83.9 Å². The molecule has 26 heavy (non-hydrogen) atoms. The minimum atomic E-state index is -3.78. The zero-order chi connectivity index (χ0) is 18.3. The van der Waals surface area contributed by atoms with E-state index < -0.39 is 10.0 Å². The second-order valence-corrected chi connectivity index (χ2v) is 8.16. The summed E-state index contributed by atoms with van der Waals surface area (Å²) >= 11 is 0. The van der Waals surface area contributed by atoms with Gasteiger partial charge in [-0.3, -0.25) is 0 Å². The fraction of sp³-hybridized carbons (Fsp3) is 0.0952. The number of hydrogen-bond acceptors (Lipinski definition) is 3. The third-order valence-electron chi connectivity index (χ3n) is 4.35. The quantitative estimate of drug-likeness (QED) is 0.537. The van der Waals surface area contributed by atoms with E-state index in [0.717, 1.165) is 16.7 Å². The zero-order valence-corrected chi connectivity index (χ0v) is 15.4. The lowest BCUT2D eigenvalue weighted by Gasteiger charge is -2.11. The molecule has 0 unspecified atom stereocenters. The second kappa shape index (κ2) is 6.11. The van der Waals surface area contributed by atoms with Crippen LogP contribution in [0.2, 0.25) is 0 Å². The lowest BCUT2D eigenvalue weighted by molar-refractivity contribution is 0.589. The predicted octanol–water partition coefficient (Wildman–Crippen LogP) is 4.56. The fourth-order valence-corrected chi connectivity index (χ4v) is 4.51. The number of rotatable bonds is 3. The van der Waals surface area contributed by atoms with E-state index in [1.165, 1.54) is 3.97 Å². The molecule has 4 rings (SSSR count). The highest BCUT2D eigenvalue weighted by atomic mass is 32.2. The summed E-state index contributed by atoms with van der Waals surface area (Å²) < 4.78 is 28.2. The molecule has 0 fully saturated rings. The summed E-state index contributed by atoms with van der Waals surface area (Å²) in [7, 11) is -3.78. The van der Waals surface area contributed by atoms with Gasteiger partial charge < -0.3 is 0 Å². The highest BCUT2D eigenvalue weighted by molar-refractivity contribution is 7.90. The van der Waals surface area contributed by atoms with Crippen LogP contribution in [-0.4, -0.2) is 17.4 Å². The van der Waals surface area contributed by atoms with E-state index >= 15 is 0 Å². The lowest BCUT2D eigenvalue weighted by Crippen LogP contribution is -2.14. The van der Waals surface area contributed by atoms with Crippen LogP contribution in [0.25, 0.3) is 22.4 Å². The molecule has 0 radical (unpaired) electrons. The molecule has 4 nitrogen and oxygen atoms in total. The van der Waals surface area contributed by atoms with Gasteiger partial charge in [-0.1, -0.05) is 53.6 Å². The molecule has 3 aromatic carbocycles. The minimum Gasteiger partial charge on any atom is -0.227 e. The van der Waals surface area contributed by atoms with Gasteiger partial charge in [0, 0.05) is 5.56 Å². The molecule has 0 amide bonds. The number of imidazole rings is 1. The van der Waals surface area contributed by atoms with Crippen LogP contribution in [0, 0.1) is 13.8 Å².